The van der Waals surface area contributed by atoms with Gasteiger partial charge in [-0.3, -0.25) is 9.79 Å². The van der Waals surface area contributed by atoms with Gasteiger partial charge in [0.1, 0.15) is 0 Å². The van der Waals surface area contributed by atoms with Gasteiger partial charge in [0.15, 0.2) is 0 Å². The van der Waals surface area contributed by atoms with Crippen LogP contribution < -0.4 is 0 Å². The fraction of sp³-hybridized carbons (Fsp3) is 0.455. The van der Waals surface area contributed by atoms with Gasteiger partial charge in [0, 0.05) is 19.0 Å². The highest BCUT2D eigenvalue weighted by Crippen LogP contribution is 2.22. The molecule has 1 heterocycles. The Hall–Kier alpha value is -1.32. The summed E-state index contributed by atoms with van der Waals surface area (Å²) in [5, 5.41) is 0. The molecular formula is C11H15BN2O. The standard InChI is InChI=1S/C11H15BN2O/c1-3-5-9-8-14(12)11(15)10(9)7-13-6-4-2/h5-7H,3-4,8H2,1-2H3/b9-5-,10-7+,13-6?. The molecule has 1 rings (SSSR count). The second kappa shape index (κ2) is 5.54. The Morgan fingerprint density at radius 2 is 2.20 bits per heavy atom. The number of rotatable bonds is 3. The van der Waals surface area contributed by atoms with Crippen LogP contribution in [0.3, 0.4) is 0 Å². The van der Waals surface area contributed by atoms with Crippen LogP contribution in [-0.2, 0) is 4.79 Å². The Morgan fingerprint density at radius 3 is 2.80 bits per heavy atom. The number of aliphatic imine (C=N–C) groups is 1. The summed E-state index contributed by atoms with van der Waals surface area (Å²) >= 11 is 0. The van der Waals surface area contributed by atoms with E-state index in [-0.39, 0.29) is 5.91 Å². The number of amides is 1. The van der Waals surface area contributed by atoms with E-state index in [4.69, 9.17) is 7.98 Å². The van der Waals surface area contributed by atoms with Crippen molar-refractivity contribution in [3.63, 3.8) is 0 Å². The van der Waals surface area contributed by atoms with Crippen LogP contribution in [0.5, 0.6) is 0 Å². The van der Waals surface area contributed by atoms with Gasteiger partial charge in [0.2, 0.25) is 13.9 Å². The molecule has 0 atom stereocenters. The molecule has 0 aliphatic carbocycles. The van der Waals surface area contributed by atoms with E-state index in [9.17, 15) is 4.79 Å². The average Bonchev–Trinajstić information content (AvgIpc) is 2.47. The van der Waals surface area contributed by atoms with Crippen LogP contribution in [0.25, 0.3) is 0 Å². The first-order valence-corrected chi connectivity index (χ1v) is 5.18. The summed E-state index contributed by atoms with van der Waals surface area (Å²) in [6.45, 7) is 4.51. The third-order valence-electron chi connectivity index (χ3n) is 2.12. The average molecular weight is 202 g/mol. The van der Waals surface area contributed by atoms with Crippen molar-refractivity contribution in [2.45, 2.75) is 26.7 Å². The molecule has 4 heteroatoms. The van der Waals surface area contributed by atoms with E-state index >= 15 is 0 Å². The number of allylic oxidation sites excluding steroid dienone is 1. The molecular weight excluding hydrogens is 187 g/mol. The van der Waals surface area contributed by atoms with Gasteiger partial charge in [-0.15, -0.1) is 0 Å². The Balaban J connectivity index is 2.91. The second-order valence-electron chi connectivity index (χ2n) is 3.35. The number of nitrogens with zero attached hydrogens (tertiary/aromatic N) is 2. The van der Waals surface area contributed by atoms with E-state index in [0.717, 1.165) is 18.4 Å². The normalized spacial score (nSPS) is 22.5. The van der Waals surface area contributed by atoms with Crippen molar-refractivity contribution in [3.05, 3.63) is 23.4 Å². The van der Waals surface area contributed by atoms with Gasteiger partial charge >= 0.3 is 0 Å². The van der Waals surface area contributed by atoms with Gasteiger partial charge in [-0.25, -0.2) is 0 Å². The van der Waals surface area contributed by atoms with Gasteiger partial charge in [-0.05, 0) is 18.4 Å². The van der Waals surface area contributed by atoms with Crippen LogP contribution in [0.4, 0.5) is 0 Å². The maximum Gasteiger partial charge on any atom is 0.243 e. The Bertz CT molecular complexity index is 331. The molecule has 0 aromatic rings. The minimum atomic E-state index is -0.150. The molecule has 1 aliphatic rings. The predicted octanol–water partition coefficient (Wildman–Crippen LogP) is 1.61. The van der Waals surface area contributed by atoms with E-state index in [1.165, 1.54) is 4.81 Å². The third-order valence-corrected chi connectivity index (χ3v) is 2.12. The molecule has 0 bridgehead atoms. The Kier molecular flexibility index (Phi) is 4.34. The Labute approximate surface area is 92.0 Å². The first kappa shape index (κ1) is 11.8. The van der Waals surface area contributed by atoms with Crippen molar-refractivity contribution in [1.82, 2.24) is 4.81 Å². The van der Waals surface area contributed by atoms with Crippen molar-refractivity contribution in [3.8, 4) is 0 Å². The molecule has 0 unspecified atom stereocenters. The zero-order chi connectivity index (χ0) is 11.3. The first-order valence-electron chi connectivity index (χ1n) is 5.18. The van der Waals surface area contributed by atoms with E-state index in [1.807, 2.05) is 19.9 Å². The molecule has 3 nitrogen and oxygen atoms in total. The molecule has 15 heavy (non-hydrogen) atoms. The minimum Gasteiger partial charge on any atom is -0.389 e. The van der Waals surface area contributed by atoms with Gasteiger partial charge in [-0.2, -0.15) is 0 Å². The van der Waals surface area contributed by atoms with Crippen LogP contribution in [0.15, 0.2) is 28.4 Å². The highest BCUT2D eigenvalue weighted by atomic mass is 16.2. The van der Waals surface area contributed by atoms with Crippen molar-refractivity contribution in [2.75, 3.05) is 6.54 Å². The summed E-state index contributed by atoms with van der Waals surface area (Å²) in [7, 11) is 5.54. The summed E-state index contributed by atoms with van der Waals surface area (Å²) in [5.41, 5.74) is 1.59. The fourth-order valence-corrected chi connectivity index (χ4v) is 1.42. The van der Waals surface area contributed by atoms with Gasteiger partial charge in [0.25, 0.3) is 0 Å². The van der Waals surface area contributed by atoms with Crippen LogP contribution >= 0.6 is 0 Å². The monoisotopic (exact) mass is 202 g/mol. The molecule has 0 aromatic carbocycles. The molecule has 78 valence electrons. The number of hydrogen-bond donors (Lipinski definition) is 0. The van der Waals surface area contributed by atoms with E-state index < -0.39 is 0 Å². The molecule has 0 spiro atoms. The lowest BCUT2D eigenvalue weighted by Gasteiger charge is -2.03. The highest BCUT2D eigenvalue weighted by Gasteiger charge is 2.26. The highest BCUT2D eigenvalue weighted by molar-refractivity contribution is 6.21. The largest absolute Gasteiger partial charge is 0.389 e. The second-order valence-corrected chi connectivity index (χ2v) is 3.35. The smallest absolute Gasteiger partial charge is 0.243 e. The molecule has 1 fully saturated rings. The van der Waals surface area contributed by atoms with Crippen molar-refractivity contribution in [2.24, 2.45) is 4.99 Å². The molecule has 0 saturated carbocycles. The summed E-state index contributed by atoms with van der Waals surface area (Å²) in [6, 6.07) is 0. The summed E-state index contributed by atoms with van der Waals surface area (Å²) in [5.74, 6) is -0.150. The molecule has 0 aromatic heterocycles. The van der Waals surface area contributed by atoms with Crippen molar-refractivity contribution in [1.29, 1.82) is 0 Å². The maximum absolute atomic E-state index is 11.6. The fourth-order valence-electron chi connectivity index (χ4n) is 1.42. The lowest BCUT2D eigenvalue weighted by Crippen LogP contribution is -2.21. The van der Waals surface area contributed by atoms with E-state index in [2.05, 4.69) is 4.99 Å². The SMILES string of the molecule is [B]N1CC(=C/CC)/C(=C\N=CCC)C1=O. The number of hydrogen-bond acceptors (Lipinski definition) is 2. The topological polar surface area (TPSA) is 32.7 Å². The zero-order valence-electron chi connectivity index (χ0n) is 9.23. The molecule has 2 radical (unpaired) electrons. The van der Waals surface area contributed by atoms with Crippen LogP contribution in [0.2, 0.25) is 0 Å². The third kappa shape index (κ3) is 2.81. The lowest BCUT2D eigenvalue weighted by molar-refractivity contribution is -0.120. The van der Waals surface area contributed by atoms with Gasteiger partial charge in [-0.1, -0.05) is 19.9 Å². The van der Waals surface area contributed by atoms with E-state index in [0.29, 0.717) is 12.1 Å². The van der Waals surface area contributed by atoms with Crippen LogP contribution in [-0.4, -0.2) is 31.5 Å². The van der Waals surface area contributed by atoms with Gasteiger partial charge < -0.3 is 4.81 Å². The summed E-state index contributed by atoms with van der Waals surface area (Å²) in [4.78, 5) is 16.9. The summed E-state index contributed by atoms with van der Waals surface area (Å²) < 4.78 is 0. The molecule has 1 saturated heterocycles. The minimum absolute atomic E-state index is 0.150. The van der Waals surface area contributed by atoms with Crippen molar-refractivity contribution < 1.29 is 4.79 Å². The predicted molar refractivity (Wildman–Crippen MR) is 62.7 cm³/mol. The van der Waals surface area contributed by atoms with Crippen LogP contribution in [0, 0.1) is 0 Å². The first-order chi connectivity index (χ1) is 7.20. The molecule has 0 N–H and O–H groups in total. The van der Waals surface area contributed by atoms with Gasteiger partial charge in [0.05, 0.1) is 5.57 Å². The zero-order valence-corrected chi connectivity index (χ0v) is 9.23. The number of carbonyl (C=O) groups is 1. The van der Waals surface area contributed by atoms with Crippen LogP contribution in [0.1, 0.15) is 26.7 Å². The Morgan fingerprint density at radius 1 is 1.47 bits per heavy atom. The van der Waals surface area contributed by atoms with Crippen molar-refractivity contribution >= 4 is 20.1 Å². The maximum atomic E-state index is 11.6. The number of carbonyl (C=O) groups excluding carboxylic acids is 1. The molecule has 1 aliphatic heterocycles. The summed E-state index contributed by atoms with van der Waals surface area (Å²) in [6.07, 6.45) is 7.13. The lowest BCUT2D eigenvalue weighted by atomic mass is 10.1. The molecule has 1 amide bonds. The quantitative estimate of drug-likeness (QED) is 0.388. The van der Waals surface area contributed by atoms with E-state index in [1.54, 1.807) is 12.4 Å².